The zero-order valence-corrected chi connectivity index (χ0v) is 16.2. The van der Waals surface area contributed by atoms with Crippen molar-refractivity contribution >= 4 is 39.8 Å². The van der Waals surface area contributed by atoms with Crippen LogP contribution in [-0.2, 0) is 11.2 Å². The number of nitrogens with one attached hydrogen (secondary N) is 1. The molecule has 0 saturated carbocycles. The van der Waals surface area contributed by atoms with Crippen molar-refractivity contribution in [1.82, 2.24) is 14.6 Å². The van der Waals surface area contributed by atoms with E-state index in [2.05, 4.69) is 46.6 Å². The number of halogens is 1. The van der Waals surface area contributed by atoms with Gasteiger partial charge < -0.3 is 0 Å². The molecule has 136 valence electrons. The van der Waals surface area contributed by atoms with Crippen LogP contribution in [0.1, 0.15) is 17.5 Å². The Kier molecular flexibility index (Phi) is 4.92. The molecule has 0 saturated heterocycles. The molecule has 0 bridgehead atoms. The normalized spacial score (nSPS) is 11.0. The van der Waals surface area contributed by atoms with Crippen molar-refractivity contribution in [3.8, 4) is 11.3 Å². The van der Waals surface area contributed by atoms with E-state index in [0.29, 0.717) is 23.8 Å². The average Bonchev–Trinajstić information content (AvgIpc) is 3.22. The highest BCUT2D eigenvalue weighted by Crippen LogP contribution is 2.26. The average molecular weight is 397 g/mol. The highest BCUT2D eigenvalue weighted by atomic mass is 35.5. The molecule has 2 aromatic carbocycles. The Morgan fingerprint density at radius 1 is 1.15 bits per heavy atom. The van der Waals surface area contributed by atoms with Crippen molar-refractivity contribution in [2.45, 2.75) is 19.8 Å². The minimum Gasteiger partial charge on any atom is -0.293 e. The molecule has 5 nitrogen and oxygen atoms in total. The van der Waals surface area contributed by atoms with E-state index in [1.165, 1.54) is 16.9 Å². The number of carbonyl (C=O) groups excluding carboxylic acids is 1. The minimum absolute atomic E-state index is 0.111. The Morgan fingerprint density at radius 3 is 2.63 bits per heavy atom. The summed E-state index contributed by atoms with van der Waals surface area (Å²) in [6, 6.07) is 15.7. The van der Waals surface area contributed by atoms with Gasteiger partial charge in [-0.1, -0.05) is 53.6 Å². The first-order chi connectivity index (χ1) is 13.1. The number of hydrogen-bond donors (Lipinski definition) is 1. The van der Waals surface area contributed by atoms with Crippen LogP contribution in [0.4, 0.5) is 5.95 Å². The second-order valence-electron chi connectivity index (χ2n) is 6.29. The number of aromatic nitrogens is 3. The Labute approximate surface area is 165 Å². The number of nitrogens with zero attached hydrogens (tertiary/aromatic N) is 3. The first-order valence-electron chi connectivity index (χ1n) is 8.54. The zero-order chi connectivity index (χ0) is 18.8. The molecule has 0 aliphatic carbocycles. The van der Waals surface area contributed by atoms with E-state index in [-0.39, 0.29) is 5.91 Å². The molecule has 7 heteroatoms. The monoisotopic (exact) mass is 396 g/mol. The first kappa shape index (κ1) is 17.7. The molecule has 0 radical (unpaired) electrons. The summed E-state index contributed by atoms with van der Waals surface area (Å²) in [7, 11) is 0. The van der Waals surface area contributed by atoms with Gasteiger partial charge in [0.1, 0.15) is 0 Å². The summed E-state index contributed by atoms with van der Waals surface area (Å²) in [5, 5.41) is 9.94. The van der Waals surface area contributed by atoms with Crippen molar-refractivity contribution in [2.75, 3.05) is 5.32 Å². The molecule has 0 fully saturated rings. The Bertz CT molecular complexity index is 1080. The van der Waals surface area contributed by atoms with Crippen molar-refractivity contribution in [3.63, 3.8) is 0 Å². The molecule has 0 unspecified atom stereocenters. The van der Waals surface area contributed by atoms with Gasteiger partial charge in [-0.2, -0.15) is 4.98 Å². The maximum atomic E-state index is 12.2. The molecule has 1 amide bonds. The van der Waals surface area contributed by atoms with E-state index < -0.39 is 0 Å². The predicted molar refractivity (Wildman–Crippen MR) is 109 cm³/mol. The highest BCUT2D eigenvalue weighted by molar-refractivity contribution is 7.15. The van der Waals surface area contributed by atoms with Crippen molar-refractivity contribution in [1.29, 1.82) is 0 Å². The first-order valence-corrected chi connectivity index (χ1v) is 9.80. The number of thiazole rings is 1. The topological polar surface area (TPSA) is 59.3 Å². The third-order valence-corrected chi connectivity index (χ3v) is 5.30. The van der Waals surface area contributed by atoms with Crippen LogP contribution in [0.25, 0.3) is 16.2 Å². The molecule has 0 spiro atoms. The van der Waals surface area contributed by atoms with Crippen LogP contribution in [-0.4, -0.2) is 20.5 Å². The number of anilines is 1. The van der Waals surface area contributed by atoms with Crippen LogP contribution >= 0.6 is 22.9 Å². The van der Waals surface area contributed by atoms with Crippen LogP contribution in [0.15, 0.2) is 53.9 Å². The molecule has 4 rings (SSSR count). The molecule has 1 N–H and O–H groups in total. The van der Waals surface area contributed by atoms with E-state index in [0.717, 1.165) is 21.8 Å². The minimum atomic E-state index is -0.111. The molecule has 27 heavy (non-hydrogen) atoms. The quantitative estimate of drug-likeness (QED) is 0.517. The van der Waals surface area contributed by atoms with Gasteiger partial charge in [0.15, 0.2) is 0 Å². The fourth-order valence-corrected chi connectivity index (χ4v) is 3.71. The number of aryl methyl sites for hydroxylation is 2. The van der Waals surface area contributed by atoms with Gasteiger partial charge in [0.25, 0.3) is 0 Å². The maximum Gasteiger partial charge on any atom is 0.250 e. The molecule has 4 aromatic rings. The van der Waals surface area contributed by atoms with E-state index >= 15 is 0 Å². The fourth-order valence-electron chi connectivity index (χ4n) is 2.75. The van der Waals surface area contributed by atoms with Crippen molar-refractivity contribution < 1.29 is 4.79 Å². The van der Waals surface area contributed by atoms with E-state index in [4.69, 9.17) is 11.6 Å². The molecular weight excluding hydrogens is 380 g/mol. The zero-order valence-electron chi connectivity index (χ0n) is 14.6. The summed E-state index contributed by atoms with van der Waals surface area (Å²) < 4.78 is 1.77. The van der Waals surface area contributed by atoms with E-state index in [9.17, 15) is 4.79 Å². The lowest BCUT2D eigenvalue weighted by Gasteiger charge is -2.02. The standard InChI is InChI=1S/C20H17ClN4OS/c1-13-2-7-15(8-3-13)17-12-27-20-23-19(24-25(17)20)22-18(26)11-6-14-4-9-16(21)10-5-14/h2-5,7-10,12H,6,11H2,1H3,(H,22,24,26). The Hall–Kier alpha value is -2.70. The van der Waals surface area contributed by atoms with E-state index in [1.807, 2.05) is 29.6 Å². The molecular formula is C20H17ClN4OS. The largest absolute Gasteiger partial charge is 0.293 e. The lowest BCUT2D eigenvalue weighted by atomic mass is 10.1. The van der Waals surface area contributed by atoms with Crippen LogP contribution in [0.3, 0.4) is 0 Å². The maximum absolute atomic E-state index is 12.2. The molecule has 0 aliphatic heterocycles. The van der Waals surface area contributed by atoms with Gasteiger partial charge >= 0.3 is 0 Å². The summed E-state index contributed by atoms with van der Waals surface area (Å²) in [5.41, 5.74) is 4.30. The fraction of sp³-hybridized carbons (Fsp3) is 0.150. The molecule has 2 heterocycles. The second kappa shape index (κ2) is 7.50. The number of carbonyl (C=O) groups is 1. The highest BCUT2D eigenvalue weighted by Gasteiger charge is 2.13. The van der Waals surface area contributed by atoms with Gasteiger partial charge in [0.2, 0.25) is 16.8 Å². The van der Waals surface area contributed by atoms with Crippen molar-refractivity contribution in [3.05, 3.63) is 70.1 Å². The van der Waals surface area contributed by atoms with Gasteiger partial charge in [0.05, 0.1) is 5.69 Å². The van der Waals surface area contributed by atoms with Gasteiger partial charge in [-0.15, -0.1) is 16.4 Å². The smallest absolute Gasteiger partial charge is 0.250 e. The SMILES string of the molecule is Cc1ccc(-c2csc3nc(NC(=O)CCc4ccc(Cl)cc4)nn23)cc1. The van der Waals surface area contributed by atoms with Gasteiger partial charge in [-0.3, -0.25) is 10.1 Å². The second-order valence-corrected chi connectivity index (χ2v) is 7.56. The van der Waals surface area contributed by atoms with Crippen LogP contribution < -0.4 is 5.32 Å². The number of rotatable bonds is 5. The van der Waals surface area contributed by atoms with Crippen LogP contribution in [0.5, 0.6) is 0 Å². The summed E-state index contributed by atoms with van der Waals surface area (Å²) in [6.07, 6.45) is 0.999. The molecule has 2 aromatic heterocycles. The lowest BCUT2D eigenvalue weighted by molar-refractivity contribution is -0.116. The number of benzene rings is 2. The number of fused-ring (bicyclic) bond motifs is 1. The van der Waals surface area contributed by atoms with Gasteiger partial charge in [0, 0.05) is 22.4 Å². The predicted octanol–water partition coefficient (Wildman–Crippen LogP) is 4.99. The summed E-state index contributed by atoms with van der Waals surface area (Å²) in [6.45, 7) is 2.06. The number of hydrogen-bond acceptors (Lipinski definition) is 4. The molecule has 0 aliphatic rings. The number of amides is 1. The molecule has 0 atom stereocenters. The third-order valence-electron chi connectivity index (χ3n) is 4.23. The van der Waals surface area contributed by atoms with Gasteiger partial charge in [-0.25, -0.2) is 4.52 Å². The van der Waals surface area contributed by atoms with Gasteiger partial charge in [-0.05, 0) is 31.0 Å². The van der Waals surface area contributed by atoms with E-state index in [1.54, 1.807) is 4.52 Å². The Balaban J connectivity index is 1.45. The van der Waals surface area contributed by atoms with Crippen LogP contribution in [0, 0.1) is 6.92 Å². The Morgan fingerprint density at radius 2 is 1.89 bits per heavy atom. The van der Waals surface area contributed by atoms with Crippen LogP contribution in [0.2, 0.25) is 5.02 Å². The third kappa shape index (κ3) is 4.02. The summed E-state index contributed by atoms with van der Waals surface area (Å²) >= 11 is 7.38. The summed E-state index contributed by atoms with van der Waals surface area (Å²) in [5.74, 6) is 0.219. The summed E-state index contributed by atoms with van der Waals surface area (Å²) in [4.78, 5) is 17.4. The van der Waals surface area contributed by atoms with Crippen molar-refractivity contribution in [2.24, 2.45) is 0 Å². The lowest BCUT2D eigenvalue weighted by Crippen LogP contribution is -2.13.